The summed E-state index contributed by atoms with van der Waals surface area (Å²) < 4.78 is 29.0. The summed E-state index contributed by atoms with van der Waals surface area (Å²) in [4.78, 5) is 0. The molecule has 0 fully saturated rings. The summed E-state index contributed by atoms with van der Waals surface area (Å²) in [5.74, 6) is 0. The average molecular weight is 560 g/mol. The van der Waals surface area contributed by atoms with E-state index in [1.807, 2.05) is 27.7 Å². The summed E-state index contributed by atoms with van der Waals surface area (Å²) in [5, 5.41) is 0. The van der Waals surface area contributed by atoms with Crippen LogP contribution in [0.15, 0.2) is 0 Å². The van der Waals surface area contributed by atoms with Crippen LogP contribution in [-0.4, -0.2) is 70.1 Å². The van der Waals surface area contributed by atoms with Gasteiger partial charge in [0, 0.05) is 12.6 Å². The van der Waals surface area contributed by atoms with Crippen LogP contribution in [0.2, 0.25) is 0 Å². The number of unbranched alkanes of at least 4 members (excludes halogenated alkanes) is 15. The van der Waals surface area contributed by atoms with Crippen LogP contribution in [0.1, 0.15) is 144 Å². The van der Waals surface area contributed by atoms with E-state index in [2.05, 4.69) is 13.8 Å². The zero-order chi connectivity index (χ0) is 29.0. The fraction of sp³-hybridized carbons (Fsp3) is 1.00. The van der Waals surface area contributed by atoms with Crippen LogP contribution in [0, 0.1) is 0 Å². The van der Waals surface area contributed by atoms with E-state index in [0.717, 1.165) is 13.0 Å². The molecule has 0 aliphatic carbocycles. The van der Waals surface area contributed by atoms with Crippen molar-refractivity contribution in [3.05, 3.63) is 0 Å². The number of hydrogen-bond donors (Lipinski definition) is 1. The molecule has 0 heterocycles. The fourth-order valence-electron chi connectivity index (χ4n) is 4.41. The summed E-state index contributed by atoms with van der Waals surface area (Å²) in [6.45, 7) is 16.0. The van der Waals surface area contributed by atoms with Gasteiger partial charge in [0.2, 0.25) is 0 Å². The Balaban J connectivity index is 3.41. The molecule has 6 nitrogen and oxygen atoms in total. The summed E-state index contributed by atoms with van der Waals surface area (Å²) >= 11 is 0. The molecular formula is C33H69NO5. The monoisotopic (exact) mass is 560 g/mol. The summed E-state index contributed by atoms with van der Waals surface area (Å²) in [6.07, 6.45) is 22.4. The molecule has 39 heavy (non-hydrogen) atoms. The molecule has 0 amide bonds. The van der Waals surface area contributed by atoms with E-state index in [0.29, 0.717) is 33.0 Å². The van der Waals surface area contributed by atoms with Gasteiger partial charge >= 0.3 is 0 Å². The minimum atomic E-state index is 0.00859. The molecule has 0 aliphatic heterocycles. The van der Waals surface area contributed by atoms with Gasteiger partial charge in [-0.05, 0) is 41.0 Å². The van der Waals surface area contributed by atoms with Gasteiger partial charge in [-0.15, -0.1) is 0 Å². The van der Waals surface area contributed by atoms with Crippen LogP contribution >= 0.6 is 0 Å². The minimum Gasteiger partial charge on any atom is -0.379 e. The predicted octanol–water partition coefficient (Wildman–Crippen LogP) is 8.23. The van der Waals surface area contributed by atoms with Gasteiger partial charge in [-0.1, -0.05) is 103 Å². The lowest BCUT2D eigenvalue weighted by Gasteiger charge is -2.21. The second-order valence-corrected chi connectivity index (χ2v) is 11.9. The van der Waals surface area contributed by atoms with Crippen molar-refractivity contribution in [2.24, 2.45) is 5.73 Å². The molecule has 0 aromatic heterocycles. The quantitative estimate of drug-likeness (QED) is 0.0863. The second kappa shape index (κ2) is 29.3. The molecule has 0 saturated heterocycles. The average Bonchev–Trinajstić information content (AvgIpc) is 2.91. The Hall–Kier alpha value is -0.240. The van der Waals surface area contributed by atoms with Crippen LogP contribution in [0.3, 0.4) is 0 Å². The highest BCUT2D eigenvalue weighted by molar-refractivity contribution is 4.58. The number of ether oxygens (including phenoxy) is 5. The summed E-state index contributed by atoms with van der Waals surface area (Å²) in [5.41, 5.74) is 5.71. The van der Waals surface area contributed by atoms with Crippen molar-refractivity contribution in [3.63, 3.8) is 0 Å². The van der Waals surface area contributed by atoms with Crippen LogP contribution in [0.4, 0.5) is 0 Å². The van der Waals surface area contributed by atoms with Gasteiger partial charge in [0.25, 0.3) is 0 Å². The highest BCUT2D eigenvalue weighted by atomic mass is 16.6. The van der Waals surface area contributed by atoms with Gasteiger partial charge in [0.15, 0.2) is 0 Å². The molecule has 2 N–H and O–H groups in total. The van der Waals surface area contributed by atoms with E-state index < -0.39 is 0 Å². The van der Waals surface area contributed by atoms with Crippen molar-refractivity contribution in [1.82, 2.24) is 0 Å². The molecule has 0 saturated carbocycles. The molecule has 0 aliphatic rings. The molecule has 0 aromatic rings. The first-order valence-corrected chi connectivity index (χ1v) is 16.6. The van der Waals surface area contributed by atoms with E-state index in [1.165, 1.54) is 96.3 Å². The largest absolute Gasteiger partial charge is 0.379 e. The Kier molecular flexibility index (Phi) is 29.1. The normalized spacial score (nSPS) is 15.8. The van der Waals surface area contributed by atoms with Crippen LogP contribution in [-0.2, 0) is 23.7 Å². The maximum Gasteiger partial charge on any atom is 0.0781 e. The summed E-state index contributed by atoms with van der Waals surface area (Å²) in [7, 11) is 0. The molecule has 0 bridgehead atoms. The third kappa shape index (κ3) is 30.5. The Morgan fingerprint density at radius 1 is 0.410 bits per heavy atom. The van der Waals surface area contributed by atoms with E-state index in [-0.39, 0.29) is 30.5 Å². The second-order valence-electron chi connectivity index (χ2n) is 11.9. The van der Waals surface area contributed by atoms with Crippen molar-refractivity contribution >= 4 is 0 Å². The highest BCUT2D eigenvalue weighted by Gasteiger charge is 2.12. The van der Waals surface area contributed by atoms with Gasteiger partial charge in [-0.2, -0.15) is 0 Å². The van der Waals surface area contributed by atoms with E-state index >= 15 is 0 Å². The van der Waals surface area contributed by atoms with Gasteiger partial charge in [-0.3, -0.25) is 0 Å². The van der Waals surface area contributed by atoms with Crippen LogP contribution < -0.4 is 5.73 Å². The van der Waals surface area contributed by atoms with Crippen molar-refractivity contribution in [2.75, 3.05) is 39.6 Å². The Morgan fingerprint density at radius 2 is 0.718 bits per heavy atom. The standard InChI is InChI=1S/C33H69NO5/c1-7-8-9-10-11-12-13-14-15-16-17-18-19-20-21-22-23-35-25-30(3)37-27-32(5)39-28-33(6)38-26-31(4)36-24-29(2)34/h29-33H,7-28,34H2,1-6H3. The van der Waals surface area contributed by atoms with Crippen molar-refractivity contribution < 1.29 is 23.7 Å². The van der Waals surface area contributed by atoms with Gasteiger partial charge < -0.3 is 29.4 Å². The number of rotatable bonds is 31. The third-order valence-corrected chi connectivity index (χ3v) is 6.98. The lowest BCUT2D eigenvalue weighted by molar-refractivity contribution is -0.0925. The zero-order valence-electron chi connectivity index (χ0n) is 27.1. The van der Waals surface area contributed by atoms with Crippen molar-refractivity contribution in [2.45, 2.75) is 175 Å². The van der Waals surface area contributed by atoms with E-state index in [4.69, 9.17) is 29.4 Å². The van der Waals surface area contributed by atoms with E-state index in [1.54, 1.807) is 0 Å². The third-order valence-electron chi connectivity index (χ3n) is 6.98. The van der Waals surface area contributed by atoms with Crippen molar-refractivity contribution in [3.8, 4) is 0 Å². The number of hydrogen-bond acceptors (Lipinski definition) is 6. The van der Waals surface area contributed by atoms with Gasteiger partial charge in [0.1, 0.15) is 0 Å². The SMILES string of the molecule is CCCCCCCCCCCCCCCCCCOCC(C)OCC(C)OCC(C)OCC(C)OCC(C)N. The fourth-order valence-corrected chi connectivity index (χ4v) is 4.41. The molecule has 6 heteroatoms. The number of nitrogens with two attached hydrogens (primary N) is 1. The highest BCUT2D eigenvalue weighted by Crippen LogP contribution is 2.14. The first kappa shape index (κ1) is 38.8. The van der Waals surface area contributed by atoms with Crippen LogP contribution in [0.5, 0.6) is 0 Å². The Bertz CT molecular complexity index is 479. The zero-order valence-corrected chi connectivity index (χ0v) is 27.1. The molecule has 0 radical (unpaired) electrons. The lowest BCUT2D eigenvalue weighted by atomic mass is 10.0. The molecule has 0 rings (SSSR count). The maximum absolute atomic E-state index is 5.90. The Labute approximate surface area is 243 Å². The maximum atomic E-state index is 5.90. The summed E-state index contributed by atoms with van der Waals surface area (Å²) in [6, 6.07) is 0.0423. The topological polar surface area (TPSA) is 72.2 Å². The minimum absolute atomic E-state index is 0.00859. The molecule has 5 atom stereocenters. The van der Waals surface area contributed by atoms with Crippen molar-refractivity contribution in [1.29, 1.82) is 0 Å². The predicted molar refractivity (Wildman–Crippen MR) is 166 cm³/mol. The molecule has 0 spiro atoms. The molecular weight excluding hydrogens is 490 g/mol. The Morgan fingerprint density at radius 3 is 1.08 bits per heavy atom. The van der Waals surface area contributed by atoms with Gasteiger partial charge in [0.05, 0.1) is 57.5 Å². The van der Waals surface area contributed by atoms with Gasteiger partial charge in [-0.25, -0.2) is 0 Å². The molecule has 236 valence electrons. The molecule has 0 aromatic carbocycles. The smallest absolute Gasteiger partial charge is 0.0781 e. The first-order valence-electron chi connectivity index (χ1n) is 16.6. The molecule has 5 unspecified atom stereocenters. The lowest BCUT2D eigenvalue weighted by Crippen LogP contribution is -2.30. The van der Waals surface area contributed by atoms with E-state index in [9.17, 15) is 0 Å². The first-order chi connectivity index (χ1) is 18.8. The van der Waals surface area contributed by atoms with Crippen LogP contribution in [0.25, 0.3) is 0 Å².